The van der Waals surface area contributed by atoms with Crippen LogP contribution in [-0.4, -0.2) is 24.2 Å². The molecule has 0 aliphatic rings. The van der Waals surface area contributed by atoms with Gasteiger partial charge in [-0.3, -0.25) is 4.98 Å². The largest absolute Gasteiger partial charge is 0.397 e. The standard InChI is InChI=1S/C10H17N3O/c1-10(2,7-14-3)13-9-4-8(11)5-12-6-9/h4-6,13H,7,11H2,1-3H3. The molecular weight excluding hydrogens is 178 g/mol. The fraction of sp³-hybridized carbons (Fsp3) is 0.500. The summed E-state index contributed by atoms with van der Waals surface area (Å²) in [7, 11) is 1.68. The van der Waals surface area contributed by atoms with E-state index in [1.165, 1.54) is 0 Å². The molecule has 0 radical (unpaired) electrons. The quantitative estimate of drug-likeness (QED) is 0.764. The number of rotatable bonds is 4. The smallest absolute Gasteiger partial charge is 0.0687 e. The summed E-state index contributed by atoms with van der Waals surface area (Å²) in [6, 6.07) is 1.85. The fourth-order valence-electron chi connectivity index (χ4n) is 1.31. The van der Waals surface area contributed by atoms with Crippen LogP contribution in [-0.2, 0) is 4.74 Å². The lowest BCUT2D eigenvalue weighted by molar-refractivity contribution is 0.158. The van der Waals surface area contributed by atoms with E-state index in [2.05, 4.69) is 24.1 Å². The highest BCUT2D eigenvalue weighted by Crippen LogP contribution is 2.16. The lowest BCUT2D eigenvalue weighted by atomic mass is 10.1. The Labute approximate surface area is 84.5 Å². The minimum absolute atomic E-state index is 0.121. The third-order valence-electron chi connectivity index (χ3n) is 1.75. The molecule has 4 heteroatoms. The number of nitrogens with two attached hydrogens (primary N) is 1. The predicted octanol–water partition coefficient (Wildman–Crippen LogP) is 1.50. The molecule has 14 heavy (non-hydrogen) atoms. The summed E-state index contributed by atoms with van der Waals surface area (Å²) in [5.74, 6) is 0. The van der Waals surface area contributed by atoms with Gasteiger partial charge in [0.25, 0.3) is 0 Å². The van der Waals surface area contributed by atoms with Crippen molar-refractivity contribution in [2.75, 3.05) is 24.8 Å². The Morgan fingerprint density at radius 1 is 1.50 bits per heavy atom. The van der Waals surface area contributed by atoms with Crippen molar-refractivity contribution in [3.63, 3.8) is 0 Å². The molecule has 78 valence electrons. The second kappa shape index (κ2) is 4.28. The van der Waals surface area contributed by atoms with Crippen molar-refractivity contribution < 1.29 is 4.74 Å². The Morgan fingerprint density at radius 3 is 2.79 bits per heavy atom. The molecule has 0 unspecified atom stereocenters. The van der Waals surface area contributed by atoms with Crippen molar-refractivity contribution in [1.82, 2.24) is 4.98 Å². The van der Waals surface area contributed by atoms with Crippen LogP contribution in [0.1, 0.15) is 13.8 Å². The van der Waals surface area contributed by atoms with Crippen molar-refractivity contribution in [3.05, 3.63) is 18.5 Å². The van der Waals surface area contributed by atoms with Gasteiger partial charge in [0, 0.05) is 13.3 Å². The van der Waals surface area contributed by atoms with Crippen LogP contribution in [0.3, 0.4) is 0 Å². The van der Waals surface area contributed by atoms with Crippen LogP contribution in [0.15, 0.2) is 18.5 Å². The molecule has 0 amide bonds. The molecule has 0 aromatic carbocycles. The van der Waals surface area contributed by atoms with Crippen molar-refractivity contribution in [1.29, 1.82) is 0 Å². The van der Waals surface area contributed by atoms with E-state index in [0.29, 0.717) is 12.3 Å². The lowest BCUT2D eigenvalue weighted by Gasteiger charge is -2.26. The number of nitrogens with one attached hydrogen (secondary N) is 1. The molecular formula is C10H17N3O. The van der Waals surface area contributed by atoms with E-state index in [-0.39, 0.29) is 5.54 Å². The Kier molecular flexibility index (Phi) is 3.30. The summed E-state index contributed by atoms with van der Waals surface area (Å²) >= 11 is 0. The molecule has 1 aromatic heterocycles. The van der Waals surface area contributed by atoms with Crippen LogP contribution in [0.4, 0.5) is 11.4 Å². The Morgan fingerprint density at radius 2 is 2.21 bits per heavy atom. The van der Waals surface area contributed by atoms with Gasteiger partial charge >= 0.3 is 0 Å². The average Bonchev–Trinajstić information content (AvgIpc) is 2.02. The summed E-state index contributed by atoms with van der Waals surface area (Å²) in [5.41, 5.74) is 7.06. The van der Waals surface area contributed by atoms with Crippen molar-refractivity contribution in [3.8, 4) is 0 Å². The molecule has 1 aromatic rings. The molecule has 0 atom stereocenters. The first-order chi connectivity index (χ1) is 6.53. The first-order valence-corrected chi connectivity index (χ1v) is 4.51. The van der Waals surface area contributed by atoms with E-state index < -0.39 is 0 Å². The Bertz CT molecular complexity index is 299. The number of hydrogen-bond donors (Lipinski definition) is 2. The molecule has 0 spiro atoms. The predicted molar refractivity (Wildman–Crippen MR) is 58.2 cm³/mol. The molecule has 0 aliphatic heterocycles. The topological polar surface area (TPSA) is 60.2 Å². The van der Waals surface area contributed by atoms with Crippen molar-refractivity contribution in [2.24, 2.45) is 0 Å². The number of nitrogen functional groups attached to an aromatic ring is 1. The van der Waals surface area contributed by atoms with E-state index in [1.54, 1.807) is 19.5 Å². The first-order valence-electron chi connectivity index (χ1n) is 4.51. The molecule has 3 N–H and O–H groups in total. The number of anilines is 2. The highest BCUT2D eigenvalue weighted by molar-refractivity contribution is 5.52. The van der Waals surface area contributed by atoms with Gasteiger partial charge in [0.05, 0.1) is 29.7 Å². The fourth-order valence-corrected chi connectivity index (χ4v) is 1.31. The normalized spacial score (nSPS) is 11.4. The van der Waals surface area contributed by atoms with E-state index in [9.17, 15) is 0 Å². The van der Waals surface area contributed by atoms with Gasteiger partial charge in [-0.15, -0.1) is 0 Å². The summed E-state index contributed by atoms with van der Waals surface area (Å²) in [5, 5.41) is 3.29. The minimum atomic E-state index is -0.121. The molecule has 0 aliphatic carbocycles. The van der Waals surface area contributed by atoms with Gasteiger partial charge in [-0.05, 0) is 19.9 Å². The van der Waals surface area contributed by atoms with Gasteiger partial charge in [-0.25, -0.2) is 0 Å². The number of hydrogen-bond acceptors (Lipinski definition) is 4. The highest BCUT2D eigenvalue weighted by Gasteiger charge is 2.16. The zero-order chi connectivity index (χ0) is 10.6. The molecule has 1 rings (SSSR count). The van der Waals surface area contributed by atoms with E-state index >= 15 is 0 Å². The van der Waals surface area contributed by atoms with Crippen LogP contribution < -0.4 is 11.1 Å². The molecule has 4 nitrogen and oxygen atoms in total. The second-order valence-electron chi connectivity index (χ2n) is 3.95. The summed E-state index contributed by atoms with van der Waals surface area (Å²) < 4.78 is 5.09. The van der Waals surface area contributed by atoms with Crippen LogP contribution in [0.5, 0.6) is 0 Å². The first kappa shape index (κ1) is 10.8. The van der Waals surface area contributed by atoms with Crippen molar-refractivity contribution in [2.45, 2.75) is 19.4 Å². The summed E-state index contributed by atoms with van der Waals surface area (Å²) in [6.45, 7) is 4.74. The van der Waals surface area contributed by atoms with Gasteiger partial charge < -0.3 is 15.8 Å². The zero-order valence-corrected chi connectivity index (χ0v) is 8.87. The van der Waals surface area contributed by atoms with Crippen LogP contribution in [0.25, 0.3) is 0 Å². The van der Waals surface area contributed by atoms with E-state index in [0.717, 1.165) is 5.69 Å². The zero-order valence-electron chi connectivity index (χ0n) is 8.87. The lowest BCUT2D eigenvalue weighted by Crippen LogP contribution is -2.35. The summed E-state index contributed by atoms with van der Waals surface area (Å²) in [6.07, 6.45) is 3.36. The number of methoxy groups -OCH3 is 1. The van der Waals surface area contributed by atoms with Gasteiger partial charge in [0.1, 0.15) is 0 Å². The number of aromatic nitrogens is 1. The van der Waals surface area contributed by atoms with Gasteiger partial charge in [-0.2, -0.15) is 0 Å². The molecule has 0 saturated carbocycles. The molecule has 0 fully saturated rings. The van der Waals surface area contributed by atoms with Gasteiger partial charge in [0.2, 0.25) is 0 Å². The Balaban J connectivity index is 2.68. The highest BCUT2D eigenvalue weighted by atomic mass is 16.5. The molecule has 0 bridgehead atoms. The van der Waals surface area contributed by atoms with E-state index in [1.807, 2.05) is 6.07 Å². The molecule has 0 saturated heterocycles. The SMILES string of the molecule is COCC(C)(C)Nc1cncc(N)c1. The monoisotopic (exact) mass is 195 g/mol. The van der Waals surface area contributed by atoms with Crippen molar-refractivity contribution >= 4 is 11.4 Å². The Hall–Kier alpha value is -1.29. The third kappa shape index (κ3) is 3.22. The maximum atomic E-state index is 5.62. The average molecular weight is 195 g/mol. The van der Waals surface area contributed by atoms with Gasteiger partial charge in [-0.1, -0.05) is 0 Å². The number of pyridine rings is 1. The number of nitrogens with zero attached hydrogens (tertiary/aromatic N) is 1. The summed E-state index contributed by atoms with van der Waals surface area (Å²) in [4.78, 5) is 4.00. The third-order valence-corrected chi connectivity index (χ3v) is 1.75. The van der Waals surface area contributed by atoms with Crippen LogP contribution in [0.2, 0.25) is 0 Å². The number of ether oxygens (including phenoxy) is 1. The van der Waals surface area contributed by atoms with E-state index in [4.69, 9.17) is 10.5 Å². The maximum Gasteiger partial charge on any atom is 0.0687 e. The van der Waals surface area contributed by atoms with Gasteiger partial charge in [0.15, 0.2) is 0 Å². The van der Waals surface area contributed by atoms with Crippen LogP contribution >= 0.6 is 0 Å². The second-order valence-corrected chi connectivity index (χ2v) is 3.95. The maximum absolute atomic E-state index is 5.62. The molecule has 1 heterocycles. The van der Waals surface area contributed by atoms with Crippen LogP contribution in [0, 0.1) is 0 Å². The minimum Gasteiger partial charge on any atom is -0.397 e.